The molecule has 3 aromatic rings. The number of carbonyl (C=O) groups excluding carboxylic acids is 1. The summed E-state index contributed by atoms with van der Waals surface area (Å²) >= 11 is 0. The maximum absolute atomic E-state index is 12.6. The quantitative estimate of drug-likeness (QED) is 0.662. The van der Waals surface area contributed by atoms with Crippen molar-refractivity contribution in [1.29, 1.82) is 0 Å². The average Bonchev–Trinajstić information content (AvgIpc) is 3.12. The molecule has 0 aliphatic carbocycles. The van der Waals surface area contributed by atoms with Crippen molar-refractivity contribution in [1.82, 2.24) is 19.4 Å². The first kappa shape index (κ1) is 18.5. The summed E-state index contributed by atoms with van der Waals surface area (Å²) in [6.45, 7) is 6.73. The predicted molar refractivity (Wildman–Crippen MR) is 108 cm³/mol. The summed E-state index contributed by atoms with van der Waals surface area (Å²) in [7, 11) is 0. The normalized spacial score (nSPS) is 15.1. The van der Waals surface area contributed by atoms with Crippen LogP contribution >= 0.6 is 0 Å². The zero-order chi connectivity index (χ0) is 19.3. The Labute approximate surface area is 165 Å². The zero-order valence-electron chi connectivity index (χ0n) is 16.3. The van der Waals surface area contributed by atoms with Crippen molar-refractivity contribution in [3.8, 4) is 5.75 Å². The van der Waals surface area contributed by atoms with Gasteiger partial charge in [0.05, 0.1) is 24.2 Å². The average molecular weight is 378 g/mol. The van der Waals surface area contributed by atoms with E-state index in [1.165, 1.54) is 0 Å². The van der Waals surface area contributed by atoms with Gasteiger partial charge in [0.25, 0.3) is 0 Å². The maximum Gasteiger partial charge on any atom is 0.227 e. The van der Waals surface area contributed by atoms with Crippen LogP contribution in [0.2, 0.25) is 0 Å². The summed E-state index contributed by atoms with van der Waals surface area (Å²) in [6, 6.07) is 16.0. The molecule has 0 radical (unpaired) electrons. The second-order valence-electron chi connectivity index (χ2n) is 7.12. The van der Waals surface area contributed by atoms with Crippen LogP contribution in [0, 0.1) is 0 Å². The summed E-state index contributed by atoms with van der Waals surface area (Å²) in [5, 5.41) is 4.62. The molecule has 4 rings (SSSR count). The Bertz CT molecular complexity index is 894. The van der Waals surface area contributed by atoms with Gasteiger partial charge in [-0.1, -0.05) is 18.2 Å². The lowest BCUT2D eigenvalue weighted by atomic mass is 10.1. The molecule has 1 aliphatic heterocycles. The molecule has 0 bridgehead atoms. The molecule has 1 saturated heterocycles. The van der Waals surface area contributed by atoms with Crippen molar-refractivity contribution in [3.05, 3.63) is 66.0 Å². The second kappa shape index (κ2) is 8.44. The fourth-order valence-corrected chi connectivity index (χ4v) is 3.61. The Morgan fingerprint density at radius 3 is 2.57 bits per heavy atom. The Balaban J connectivity index is 1.27. The number of nitrogens with zero attached hydrogens (tertiary/aromatic N) is 4. The lowest BCUT2D eigenvalue weighted by Gasteiger charge is -2.34. The van der Waals surface area contributed by atoms with Gasteiger partial charge in [0.15, 0.2) is 0 Å². The molecule has 146 valence electrons. The Morgan fingerprint density at radius 1 is 1.07 bits per heavy atom. The highest BCUT2D eigenvalue weighted by Gasteiger charge is 2.21. The van der Waals surface area contributed by atoms with Crippen LogP contribution in [0.25, 0.3) is 5.52 Å². The van der Waals surface area contributed by atoms with E-state index in [-0.39, 0.29) is 5.91 Å². The van der Waals surface area contributed by atoms with Crippen LogP contribution in [0.4, 0.5) is 0 Å². The molecule has 0 unspecified atom stereocenters. The first-order chi connectivity index (χ1) is 13.7. The first-order valence-corrected chi connectivity index (χ1v) is 9.86. The van der Waals surface area contributed by atoms with Gasteiger partial charge in [-0.05, 0) is 42.8 Å². The highest BCUT2D eigenvalue weighted by molar-refractivity contribution is 5.79. The van der Waals surface area contributed by atoms with Crippen LogP contribution in [0.5, 0.6) is 5.75 Å². The van der Waals surface area contributed by atoms with Gasteiger partial charge in [0.1, 0.15) is 5.75 Å². The van der Waals surface area contributed by atoms with Gasteiger partial charge in [-0.2, -0.15) is 5.10 Å². The van der Waals surface area contributed by atoms with Crippen molar-refractivity contribution in [2.24, 2.45) is 0 Å². The Morgan fingerprint density at radius 2 is 1.86 bits per heavy atom. The Kier molecular flexibility index (Phi) is 5.58. The van der Waals surface area contributed by atoms with Gasteiger partial charge in [0.2, 0.25) is 5.91 Å². The summed E-state index contributed by atoms with van der Waals surface area (Å²) in [5.41, 5.74) is 3.21. The molecule has 1 fully saturated rings. The van der Waals surface area contributed by atoms with E-state index in [0.29, 0.717) is 13.0 Å². The van der Waals surface area contributed by atoms with Crippen LogP contribution in [0.1, 0.15) is 18.2 Å². The molecule has 1 aliphatic rings. The minimum Gasteiger partial charge on any atom is -0.494 e. The summed E-state index contributed by atoms with van der Waals surface area (Å²) in [4.78, 5) is 17.0. The molecule has 0 N–H and O–H groups in total. The van der Waals surface area contributed by atoms with Crippen LogP contribution in [0.3, 0.4) is 0 Å². The lowest BCUT2D eigenvalue weighted by Crippen LogP contribution is -2.48. The third-order valence-electron chi connectivity index (χ3n) is 5.12. The van der Waals surface area contributed by atoms with Gasteiger partial charge in [0, 0.05) is 38.9 Å². The molecule has 0 atom stereocenters. The number of rotatable bonds is 6. The first-order valence-electron chi connectivity index (χ1n) is 9.86. The van der Waals surface area contributed by atoms with Crippen molar-refractivity contribution in [2.75, 3.05) is 32.8 Å². The van der Waals surface area contributed by atoms with Crippen LogP contribution in [-0.2, 0) is 17.8 Å². The topological polar surface area (TPSA) is 50.1 Å². The highest BCUT2D eigenvalue weighted by atomic mass is 16.5. The van der Waals surface area contributed by atoms with E-state index in [0.717, 1.165) is 55.2 Å². The number of pyridine rings is 1. The van der Waals surface area contributed by atoms with Crippen molar-refractivity contribution >= 4 is 11.4 Å². The number of amides is 1. The number of ether oxygens (including phenoxy) is 1. The fraction of sp³-hybridized carbons (Fsp3) is 0.364. The monoisotopic (exact) mass is 378 g/mol. The van der Waals surface area contributed by atoms with Gasteiger partial charge in [-0.3, -0.25) is 9.69 Å². The number of carbonyl (C=O) groups is 1. The van der Waals surface area contributed by atoms with E-state index in [4.69, 9.17) is 4.74 Å². The van der Waals surface area contributed by atoms with Crippen LogP contribution in [-0.4, -0.2) is 58.1 Å². The number of hydrogen-bond acceptors (Lipinski definition) is 4. The van der Waals surface area contributed by atoms with Gasteiger partial charge >= 0.3 is 0 Å². The predicted octanol–water partition coefficient (Wildman–Crippen LogP) is 2.62. The molecular weight excluding hydrogens is 352 g/mol. The maximum atomic E-state index is 12.6. The van der Waals surface area contributed by atoms with E-state index in [1.54, 1.807) is 0 Å². The molecular formula is C22H26N4O2. The van der Waals surface area contributed by atoms with Crippen LogP contribution in [0.15, 0.2) is 54.7 Å². The molecule has 0 saturated carbocycles. The number of fused-ring (bicyclic) bond motifs is 1. The number of benzene rings is 1. The van der Waals surface area contributed by atoms with Gasteiger partial charge < -0.3 is 9.64 Å². The van der Waals surface area contributed by atoms with Crippen molar-refractivity contribution < 1.29 is 9.53 Å². The van der Waals surface area contributed by atoms with Crippen LogP contribution < -0.4 is 4.74 Å². The SMILES string of the molecule is CCOc1ccc(CC(=O)N2CCN(Cc3cc4ccccn4n3)CC2)cc1. The minimum absolute atomic E-state index is 0.191. The van der Waals surface area contributed by atoms with Crippen molar-refractivity contribution in [2.45, 2.75) is 19.9 Å². The van der Waals surface area contributed by atoms with E-state index < -0.39 is 0 Å². The van der Waals surface area contributed by atoms with E-state index in [1.807, 2.05) is 58.9 Å². The second-order valence-corrected chi connectivity index (χ2v) is 7.12. The largest absolute Gasteiger partial charge is 0.494 e. The Hall–Kier alpha value is -2.86. The molecule has 1 aromatic carbocycles. The molecule has 6 nitrogen and oxygen atoms in total. The summed E-state index contributed by atoms with van der Waals surface area (Å²) in [6.07, 6.45) is 2.41. The van der Waals surface area contributed by atoms with Gasteiger partial charge in [-0.15, -0.1) is 0 Å². The van der Waals surface area contributed by atoms with Crippen molar-refractivity contribution in [3.63, 3.8) is 0 Å². The molecule has 3 heterocycles. The van der Waals surface area contributed by atoms with E-state index in [2.05, 4.69) is 22.1 Å². The van der Waals surface area contributed by atoms with Gasteiger partial charge in [-0.25, -0.2) is 4.52 Å². The molecule has 1 amide bonds. The number of hydrogen-bond donors (Lipinski definition) is 0. The number of aromatic nitrogens is 2. The highest BCUT2D eigenvalue weighted by Crippen LogP contribution is 2.15. The number of piperazine rings is 1. The smallest absolute Gasteiger partial charge is 0.227 e. The summed E-state index contributed by atoms with van der Waals surface area (Å²) < 4.78 is 7.36. The molecule has 0 spiro atoms. The minimum atomic E-state index is 0.191. The summed E-state index contributed by atoms with van der Waals surface area (Å²) in [5.74, 6) is 1.04. The fourth-order valence-electron chi connectivity index (χ4n) is 3.61. The zero-order valence-corrected chi connectivity index (χ0v) is 16.3. The third kappa shape index (κ3) is 4.34. The lowest BCUT2D eigenvalue weighted by molar-refractivity contribution is -0.132. The van der Waals surface area contributed by atoms with E-state index in [9.17, 15) is 4.79 Å². The van der Waals surface area contributed by atoms with E-state index >= 15 is 0 Å². The molecule has 28 heavy (non-hydrogen) atoms. The molecule has 2 aromatic heterocycles. The standard InChI is InChI=1S/C22H26N4O2/c1-2-28-21-8-6-18(7-9-21)15-22(27)25-13-11-24(12-14-25)17-19-16-20-5-3-4-10-26(20)23-19/h3-10,16H,2,11-15,17H2,1H3. The molecule has 6 heteroatoms. The third-order valence-corrected chi connectivity index (χ3v) is 5.12.